The standard InChI is InChI=1S/C23H17NO5/c1-15-2-4-17(5-3-15)14-28-19-10-11-20-21(13-19)29-22(23(20)25)12-16-6-8-18(9-7-16)24(26)27/h2-13H,14H2,1H3/b22-12+. The van der Waals surface area contributed by atoms with Crippen molar-refractivity contribution in [2.45, 2.75) is 13.5 Å². The van der Waals surface area contributed by atoms with Crippen molar-refractivity contribution in [1.29, 1.82) is 0 Å². The van der Waals surface area contributed by atoms with Crippen LogP contribution in [0, 0.1) is 17.0 Å². The average Bonchev–Trinajstić information content (AvgIpc) is 3.03. The Labute approximate surface area is 167 Å². The molecule has 0 amide bonds. The number of benzene rings is 3. The van der Waals surface area contributed by atoms with Gasteiger partial charge in [-0.3, -0.25) is 14.9 Å². The summed E-state index contributed by atoms with van der Waals surface area (Å²) in [5.41, 5.74) is 3.32. The molecule has 6 heteroatoms. The van der Waals surface area contributed by atoms with Crippen LogP contribution in [0.3, 0.4) is 0 Å². The zero-order valence-electron chi connectivity index (χ0n) is 15.6. The quantitative estimate of drug-likeness (QED) is 0.346. The molecule has 0 N–H and O–H groups in total. The van der Waals surface area contributed by atoms with E-state index in [2.05, 4.69) is 0 Å². The summed E-state index contributed by atoms with van der Waals surface area (Å²) in [7, 11) is 0. The fourth-order valence-corrected chi connectivity index (χ4v) is 2.95. The first kappa shape index (κ1) is 18.4. The van der Waals surface area contributed by atoms with Gasteiger partial charge in [-0.1, -0.05) is 29.8 Å². The van der Waals surface area contributed by atoms with Gasteiger partial charge in [-0.15, -0.1) is 0 Å². The van der Waals surface area contributed by atoms with Crippen LogP contribution in [0.4, 0.5) is 5.69 Å². The highest BCUT2D eigenvalue weighted by Crippen LogP contribution is 2.35. The Bertz CT molecular complexity index is 1120. The number of nitrogens with zero attached hydrogens (tertiary/aromatic N) is 1. The van der Waals surface area contributed by atoms with Gasteiger partial charge >= 0.3 is 0 Å². The molecule has 1 heterocycles. The molecule has 144 valence electrons. The molecule has 3 aromatic rings. The third kappa shape index (κ3) is 4.01. The minimum absolute atomic E-state index is 0.00975. The van der Waals surface area contributed by atoms with Crippen LogP contribution in [0.15, 0.2) is 72.5 Å². The van der Waals surface area contributed by atoms with Crippen molar-refractivity contribution in [3.8, 4) is 11.5 Å². The summed E-state index contributed by atoms with van der Waals surface area (Å²) in [5.74, 6) is 0.978. The number of allylic oxidation sites excluding steroid dienone is 1. The maximum atomic E-state index is 12.6. The van der Waals surface area contributed by atoms with E-state index in [0.717, 1.165) is 5.56 Å². The van der Waals surface area contributed by atoms with Gasteiger partial charge in [-0.2, -0.15) is 0 Å². The van der Waals surface area contributed by atoms with Crippen molar-refractivity contribution in [2.75, 3.05) is 0 Å². The van der Waals surface area contributed by atoms with Crippen molar-refractivity contribution in [3.63, 3.8) is 0 Å². The monoisotopic (exact) mass is 387 g/mol. The molecular formula is C23H17NO5. The highest BCUT2D eigenvalue weighted by atomic mass is 16.6. The van der Waals surface area contributed by atoms with Crippen LogP contribution in [0.25, 0.3) is 6.08 Å². The van der Waals surface area contributed by atoms with Gasteiger partial charge in [-0.05, 0) is 48.4 Å². The second-order valence-electron chi connectivity index (χ2n) is 6.72. The van der Waals surface area contributed by atoms with Gasteiger partial charge in [0.05, 0.1) is 10.5 Å². The molecule has 0 fully saturated rings. The number of hydrogen-bond acceptors (Lipinski definition) is 5. The third-order valence-electron chi connectivity index (χ3n) is 4.57. The van der Waals surface area contributed by atoms with E-state index in [0.29, 0.717) is 29.2 Å². The Morgan fingerprint density at radius 3 is 2.45 bits per heavy atom. The number of ketones is 1. The van der Waals surface area contributed by atoms with Crippen LogP contribution >= 0.6 is 0 Å². The van der Waals surface area contributed by atoms with Gasteiger partial charge in [0.1, 0.15) is 18.1 Å². The Balaban J connectivity index is 1.49. The predicted octanol–water partition coefficient (Wildman–Crippen LogP) is 5.10. The molecule has 1 aliphatic rings. The van der Waals surface area contributed by atoms with Crippen molar-refractivity contribution in [1.82, 2.24) is 0 Å². The fourth-order valence-electron chi connectivity index (χ4n) is 2.95. The van der Waals surface area contributed by atoms with E-state index in [1.54, 1.807) is 36.4 Å². The lowest BCUT2D eigenvalue weighted by atomic mass is 10.1. The first-order valence-electron chi connectivity index (χ1n) is 9.01. The summed E-state index contributed by atoms with van der Waals surface area (Å²) >= 11 is 0. The minimum Gasteiger partial charge on any atom is -0.489 e. The van der Waals surface area contributed by atoms with Crippen molar-refractivity contribution in [2.24, 2.45) is 0 Å². The average molecular weight is 387 g/mol. The lowest BCUT2D eigenvalue weighted by Crippen LogP contribution is -1.98. The second-order valence-corrected chi connectivity index (χ2v) is 6.72. The topological polar surface area (TPSA) is 78.7 Å². The number of aryl methyl sites for hydroxylation is 1. The van der Waals surface area contributed by atoms with Gasteiger partial charge in [-0.25, -0.2) is 0 Å². The normalized spacial score (nSPS) is 13.8. The molecule has 1 aliphatic heterocycles. The van der Waals surface area contributed by atoms with Gasteiger partial charge in [0, 0.05) is 18.2 Å². The summed E-state index contributed by atoms with van der Waals surface area (Å²) in [5, 5.41) is 10.7. The van der Waals surface area contributed by atoms with Crippen LogP contribution in [-0.2, 0) is 6.61 Å². The van der Waals surface area contributed by atoms with E-state index in [9.17, 15) is 14.9 Å². The molecule has 0 spiro atoms. The van der Waals surface area contributed by atoms with Gasteiger partial charge in [0.25, 0.3) is 5.69 Å². The van der Waals surface area contributed by atoms with E-state index in [4.69, 9.17) is 9.47 Å². The highest BCUT2D eigenvalue weighted by molar-refractivity contribution is 6.14. The number of rotatable bonds is 5. The fraction of sp³-hybridized carbons (Fsp3) is 0.0870. The molecule has 6 nitrogen and oxygen atoms in total. The maximum Gasteiger partial charge on any atom is 0.269 e. The number of nitro groups is 1. The van der Waals surface area contributed by atoms with E-state index in [-0.39, 0.29) is 17.2 Å². The van der Waals surface area contributed by atoms with E-state index in [1.165, 1.54) is 17.7 Å². The van der Waals surface area contributed by atoms with E-state index in [1.807, 2.05) is 31.2 Å². The largest absolute Gasteiger partial charge is 0.489 e. The maximum absolute atomic E-state index is 12.6. The molecule has 0 bridgehead atoms. The third-order valence-corrected chi connectivity index (χ3v) is 4.57. The SMILES string of the molecule is Cc1ccc(COc2ccc3c(c2)O/C(=C/c2ccc([N+](=O)[O-])cc2)C3=O)cc1. The number of Topliss-reactive ketones (excluding diaryl/α,β-unsaturated/α-hetero) is 1. The molecular weight excluding hydrogens is 370 g/mol. The zero-order chi connectivity index (χ0) is 20.4. The molecule has 3 aromatic carbocycles. The predicted molar refractivity (Wildman–Crippen MR) is 108 cm³/mol. The number of non-ortho nitro benzene ring substituents is 1. The van der Waals surface area contributed by atoms with Crippen LogP contribution in [-0.4, -0.2) is 10.7 Å². The number of hydrogen-bond donors (Lipinski definition) is 0. The number of nitro benzene ring substituents is 1. The van der Waals surface area contributed by atoms with Crippen LogP contribution in [0.2, 0.25) is 0 Å². The number of carbonyl (C=O) groups is 1. The lowest BCUT2D eigenvalue weighted by molar-refractivity contribution is -0.384. The van der Waals surface area contributed by atoms with Crippen molar-refractivity contribution < 1.29 is 19.2 Å². The van der Waals surface area contributed by atoms with Crippen LogP contribution in [0.1, 0.15) is 27.0 Å². The summed E-state index contributed by atoms with van der Waals surface area (Å²) in [6.45, 7) is 2.44. The van der Waals surface area contributed by atoms with Gasteiger partial charge in [0.2, 0.25) is 5.78 Å². The van der Waals surface area contributed by atoms with Gasteiger partial charge in [0.15, 0.2) is 5.76 Å². The Morgan fingerprint density at radius 1 is 1.03 bits per heavy atom. The van der Waals surface area contributed by atoms with Crippen molar-refractivity contribution >= 4 is 17.5 Å². The Kier molecular flexibility index (Phi) is 4.83. The molecule has 0 aromatic heterocycles. The minimum atomic E-state index is -0.470. The first-order valence-corrected chi connectivity index (χ1v) is 9.01. The molecule has 0 saturated carbocycles. The lowest BCUT2D eigenvalue weighted by Gasteiger charge is -2.07. The second kappa shape index (κ2) is 7.59. The Morgan fingerprint density at radius 2 is 1.76 bits per heavy atom. The summed E-state index contributed by atoms with van der Waals surface area (Å²) in [4.78, 5) is 22.8. The first-order chi connectivity index (χ1) is 14.0. The Hall–Kier alpha value is -3.93. The number of fused-ring (bicyclic) bond motifs is 1. The van der Waals surface area contributed by atoms with Crippen molar-refractivity contribution in [3.05, 3.63) is 105 Å². The molecule has 0 aliphatic carbocycles. The molecule has 4 rings (SSSR count). The number of carbonyl (C=O) groups excluding carboxylic acids is 1. The molecule has 0 radical (unpaired) electrons. The summed E-state index contributed by atoms with van der Waals surface area (Å²) < 4.78 is 11.5. The van der Waals surface area contributed by atoms with E-state index >= 15 is 0 Å². The highest BCUT2D eigenvalue weighted by Gasteiger charge is 2.27. The molecule has 0 unspecified atom stereocenters. The van der Waals surface area contributed by atoms with Crippen LogP contribution < -0.4 is 9.47 Å². The smallest absolute Gasteiger partial charge is 0.269 e. The van der Waals surface area contributed by atoms with E-state index < -0.39 is 4.92 Å². The van der Waals surface area contributed by atoms with Crippen LogP contribution in [0.5, 0.6) is 11.5 Å². The van der Waals surface area contributed by atoms with Gasteiger partial charge < -0.3 is 9.47 Å². The summed E-state index contributed by atoms with van der Waals surface area (Å²) in [6, 6.07) is 19.1. The zero-order valence-corrected chi connectivity index (χ0v) is 15.6. The number of ether oxygens (including phenoxy) is 2. The molecule has 0 saturated heterocycles. The molecule has 0 atom stereocenters. The molecule has 29 heavy (non-hydrogen) atoms. The summed E-state index contributed by atoms with van der Waals surface area (Å²) in [6.07, 6.45) is 1.57.